The molecule has 0 bridgehead atoms. The maximum absolute atomic E-state index is 6.06. The highest BCUT2D eigenvalue weighted by atomic mass is 31.2. The van der Waals surface area contributed by atoms with Crippen LogP contribution in [0.5, 0.6) is 17.2 Å². The molecule has 0 amide bonds. The average Bonchev–Trinajstić information content (AvgIpc) is 2.75. The van der Waals surface area contributed by atoms with Crippen LogP contribution in [0.1, 0.15) is 37.5 Å². The van der Waals surface area contributed by atoms with Gasteiger partial charge in [0.15, 0.2) is 0 Å². The van der Waals surface area contributed by atoms with Crippen LogP contribution in [0.3, 0.4) is 0 Å². The predicted octanol–water partition coefficient (Wildman–Crippen LogP) is 7.14. The van der Waals surface area contributed by atoms with Gasteiger partial charge in [0, 0.05) is 0 Å². The minimum atomic E-state index is -1.63. The highest BCUT2D eigenvalue weighted by molar-refractivity contribution is 7.43. The van der Waals surface area contributed by atoms with E-state index in [1.54, 1.807) is 0 Å². The highest BCUT2D eigenvalue weighted by Crippen LogP contribution is 2.42. The van der Waals surface area contributed by atoms with Gasteiger partial charge in [0.2, 0.25) is 0 Å². The van der Waals surface area contributed by atoms with Crippen LogP contribution in [0, 0.1) is 0 Å². The Morgan fingerprint density at radius 2 is 0.714 bits per heavy atom. The van der Waals surface area contributed by atoms with E-state index in [2.05, 4.69) is 57.2 Å². The standard InChI is InChI=1S/C24H27O3P/c1-4-19-7-13-22(14-8-19)25-28(26-23-15-9-20(5-2)10-16-23)27-24-17-11-21(6-3)12-18-24/h7-18H,4-6H2,1-3H3. The number of benzene rings is 3. The van der Waals surface area contributed by atoms with Crippen molar-refractivity contribution in [3.63, 3.8) is 0 Å². The molecule has 0 radical (unpaired) electrons. The van der Waals surface area contributed by atoms with Gasteiger partial charge in [-0.25, -0.2) is 0 Å². The molecular weight excluding hydrogens is 367 g/mol. The van der Waals surface area contributed by atoms with Crippen molar-refractivity contribution >= 4 is 8.60 Å². The zero-order valence-electron chi connectivity index (χ0n) is 16.7. The Morgan fingerprint density at radius 3 is 0.929 bits per heavy atom. The molecule has 0 unspecified atom stereocenters. The molecule has 3 nitrogen and oxygen atoms in total. The van der Waals surface area contributed by atoms with Gasteiger partial charge in [-0.05, 0) is 72.4 Å². The lowest BCUT2D eigenvalue weighted by Crippen LogP contribution is -2.02. The molecule has 0 N–H and O–H groups in total. The van der Waals surface area contributed by atoms with Crippen LogP contribution in [0.25, 0.3) is 0 Å². The Kier molecular flexibility index (Phi) is 7.33. The van der Waals surface area contributed by atoms with Gasteiger partial charge in [0.1, 0.15) is 17.2 Å². The van der Waals surface area contributed by atoms with Gasteiger partial charge in [-0.2, -0.15) is 0 Å². The van der Waals surface area contributed by atoms with Crippen molar-refractivity contribution in [1.82, 2.24) is 0 Å². The molecule has 146 valence electrons. The highest BCUT2D eigenvalue weighted by Gasteiger charge is 2.20. The molecule has 0 fully saturated rings. The Labute approximate surface area is 169 Å². The Balaban J connectivity index is 1.76. The monoisotopic (exact) mass is 394 g/mol. The van der Waals surface area contributed by atoms with E-state index >= 15 is 0 Å². The maximum Gasteiger partial charge on any atom is 0.530 e. The van der Waals surface area contributed by atoms with Crippen molar-refractivity contribution in [2.24, 2.45) is 0 Å². The average molecular weight is 394 g/mol. The summed E-state index contributed by atoms with van der Waals surface area (Å²) in [6.45, 7) is 6.40. The van der Waals surface area contributed by atoms with Crippen molar-refractivity contribution in [2.75, 3.05) is 0 Å². The molecule has 0 heterocycles. The van der Waals surface area contributed by atoms with Crippen LogP contribution in [0.4, 0.5) is 0 Å². The molecule has 0 aliphatic carbocycles. The van der Waals surface area contributed by atoms with E-state index in [9.17, 15) is 0 Å². The van der Waals surface area contributed by atoms with E-state index in [0.717, 1.165) is 36.5 Å². The van der Waals surface area contributed by atoms with Gasteiger partial charge in [-0.1, -0.05) is 57.2 Å². The molecule has 0 saturated heterocycles. The van der Waals surface area contributed by atoms with E-state index in [-0.39, 0.29) is 0 Å². The predicted molar refractivity (Wildman–Crippen MR) is 116 cm³/mol. The number of rotatable bonds is 9. The number of aryl methyl sites for hydroxylation is 3. The van der Waals surface area contributed by atoms with Gasteiger partial charge >= 0.3 is 8.60 Å². The summed E-state index contributed by atoms with van der Waals surface area (Å²) in [5, 5.41) is 0. The Morgan fingerprint density at radius 1 is 0.464 bits per heavy atom. The lowest BCUT2D eigenvalue weighted by atomic mass is 10.2. The van der Waals surface area contributed by atoms with Crippen LogP contribution in [-0.2, 0) is 19.3 Å². The molecule has 0 aliphatic heterocycles. The van der Waals surface area contributed by atoms with Gasteiger partial charge in [0.25, 0.3) is 0 Å². The summed E-state index contributed by atoms with van der Waals surface area (Å²) in [5.41, 5.74) is 3.80. The fourth-order valence-electron chi connectivity index (χ4n) is 2.67. The van der Waals surface area contributed by atoms with E-state index in [4.69, 9.17) is 13.6 Å². The van der Waals surface area contributed by atoms with Crippen molar-refractivity contribution in [3.05, 3.63) is 89.5 Å². The molecular formula is C24H27O3P. The normalized spacial score (nSPS) is 10.7. The second kappa shape index (κ2) is 10.1. The minimum absolute atomic E-state index is 0.735. The van der Waals surface area contributed by atoms with Gasteiger partial charge in [-0.3, -0.25) is 0 Å². The molecule has 4 heteroatoms. The van der Waals surface area contributed by atoms with Crippen molar-refractivity contribution in [3.8, 4) is 17.2 Å². The first kappa shape index (κ1) is 20.2. The van der Waals surface area contributed by atoms with Gasteiger partial charge in [0.05, 0.1) is 0 Å². The van der Waals surface area contributed by atoms with E-state index in [0.29, 0.717) is 0 Å². The third kappa shape index (κ3) is 5.74. The summed E-state index contributed by atoms with van der Waals surface area (Å²) < 4.78 is 18.2. The first-order valence-corrected chi connectivity index (χ1v) is 10.9. The molecule has 0 aromatic heterocycles. The van der Waals surface area contributed by atoms with E-state index < -0.39 is 8.60 Å². The van der Waals surface area contributed by atoms with Crippen LogP contribution in [0.2, 0.25) is 0 Å². The summed E-state index contributed by atoms with van der Waals surface area (Å²) in [4.78, 5) is 0. The molecule has 0 aliphatic rings. The van der Waals surface area contributed by atoms with Gasteiger partial charge in [-0.15, -0.1) is 0 Å². The quantitative estimate of drug-likeness (QED) is 0.361. The SMILES string of the molecule is CCc1ccc(OP(Oc2ccc(CC)cc2)Oc2ccc(CC)cc2)cc1. The topological polar surface area (TPSA) is 27.7 Å². The van der Waals surface area contributed by atoms with Gasteiger partial charge < -0.3 is 13.6 Å². The Bertz CT molecular complexity index is 725. The summed E-state index contributed by atoms with van der Waals surface area (Å²) in [7, 11) is -1.63. The second-order valence-electron chi connectivity index (χ2n) is 6.49. The smallest absolute Gasteiger partial charge is 0.409 e. The molecule has 0 spiro atoms. The second-order valence-corrected chi connectivity index (χ2v) is 7.48. The van der Waals surface area contributed by atoms with Crippen molar-refractivity contribution < 1.29 is 13.6 Å². The number of hydrogen-bond acceptors (Lipinski definition) is 3. The summed E-state index contributed by atoms with van der Waals surface area (Å²) in [6.07, 6.45) is 2.99. The van der Waals surface area contributed by atoms with E-state index in [1.807, 2.05) is 36.4 Å². The lowest BCUT2D eigenvalue weighted by molar-refractivity contribution is 0.388. The molecule has 3 aromatic carbocycles. The third-order valence-corrected chi connectivity index (χ3v) is 5.61. The first-order valence-electron chi connectivity index (χ1n) is 9.81. The molecule has 3 rings (SSSR count). The number of hydrogen-bond donors (Lipinski definition) is 0. The van der Waals surface area contributed by atoms with Crippen LogP contribution >= 0.6 is 8.60 Å². The zero-order chi connectivity index (χ0) is 19.8. The van der Waals surface area contributed by atoms with Crippen LogP contribution in [0.15, 0.2) is 72.8 Å². The maximum atomic E-state index is 6.06. The van der Waals surface area contributed by atoms with Crippen molar-refractivity contribution in [2.45, 2.75) is 40.0 Å². The van der Waals surface area contributed by atoms with Crippen LogP contribution < -0.4 is 13.6 Å². The van der Waals surface area contributed by atoms with Crippen LogP contribution in [-0.4, -0.2) is 0 Å². The third-order valence-electron chi connectivity index (χ3n) is 4.53. The van der Waals surface area contributed by atoms with E-state index in [1.165, 1.54) is 16.7 Å². The largest absolute Gasteiger partial charge is 0.530 e. The first-order chi connectivity index (χ1) is 13.7. The minimum Gasteiger partial charge on any atom is -0.409 e. The fourth-order valence-corrected chi connectivity index (χ4v) is 3.67. The fraction of sp³-hybridized carbons (Fsp3) is 0.250. The zero-order valence-corrected chi connectivity index (χ0v) is 17.6. The molecule has 0 atom stereocenters. The summed E-state index contributed by atoms with van der Waals surface area (Å²) in [6, 6.07) is 24.1. The van der Waals surface area contributed by atoms with Crippen molar-refractivity contribution in [1.29, 1.82) is 0 Å². The lowest BCUT2D eigenvalue weighted by Gasteiger charge is -2.18. The summed E-state index contributed by atoms with van der Waals surface area (Å²) >= 11 is 0. The molecule has 28 heavy (non-hydrogen) atoms. The molecule has 0 saturated carbocycles. The summed E-state index contributed by atoms with van der Waals surface area (Å²) in [5.74, 6) is 2.20. The molecule has 3 aromatic rings. The Hall–Kier alpha value is -2.51.